The average molecular weight is 390 g/mol. The zero-order valence-corrected chi connectivity index (χ0v) is 15.2. The maximum atomic E-state index is 13.0. The van der Waals surface area contributed by atoms with Crippen molar-refractivity contribution in [3.8, 4) is 11.3 Å². The first-order valence-corrected chi connectivity index (χ1v) is 9.90. The Morgan fingerprint density at radius 1 is 1.35 bits per heavy atom. The second kappa shape index (κ2) is 7.16. The third-order valence-electron chi connectivity index (χ3n) is 3.92. The van der Waals surface area contributed by atoms with Gasteiger partial charge < -0.3 is 10.6 Å². The first-order valence-electron chi connectivity index (χ1n) is 8.14. The molecule has 2 fully saturated rings. The molecule has 4 rings (SSSR count). The zero-order valence-electron chi connectivity index (χ0n) is 13.6. The summed E-state index contributed by atoms with van der Waals surface area (Å²) in [6.07, 6.45) is 2.18. The number of hydrogen-bond donors (Lipinski definition) is 2. The fraction of sp³-hybridized carbons (Fsp3) is 0.294. The topological polar surface area (TPSA) is 83.5 Å². The molecule has 2 aromatic rings. The van der Waals surface area contributed by atoms with Crippen molar-refractivity contribution < 1.29 is 14.0 Å². The minimum Gasteiger partial charge on any atom is -0.353 e. The number of nitrogens with one attached hydrogen (secondary N) is 2. The van der Waals surface area contributed by atoms with E-state index in [1.807, 2.05) is 5.38 Å². The van der Waals surface area contributed by atoms with E-state index in [-0.39, 0.29) is 30.1 Å². The van der Waals surface area contributed by atoms with Gasteiger partial charge in [-0.05, 0) is 37.1 Å². The molecular weight excluding hydrogens is 375 g/mol. The molecule has 26 heavy (non-hydrogen) atoms. The molecule has 0 spiro atoms. The first kappa shape index (κ1) is 17.2. The quantitative estimate of drug-likeness (QED) is 0.822. The number of hydrogen-bond acceptors (Lipinski definition) is 6. The van der Waals surface area contributed by atoms with Crippen molar-refractivity contribution in [1.82, 2.24) is 15.6 Å². The summed E-state index contributed by atoms with van der Waals surface area (Å²) in [6.45, 7) is 0. The molecule has 2 aliphatic rings. The Balaban J connectivity index is 1.41. The van der Waals surface area contributed by atoms with Gasteiger partial charge >= 0.3 is 0 Å². The largest absolute Gasteiger partial charge is 0.353 e. The number of rotatable bonds is 5. The van der Waals surface area contributed by atoms with Gasteiger partial charge in [-0.1, -0.05) is 11.8 Å². The van der Waals surface area contributed by atoms with Crippen LogP contribution >= 0.6 is 23.1 Å². The predicted octanol–water partition coefficient (Wildman–Crippen LogP) is 2.84. The Bertz CT molecular complexity index is 877. The molecule has 0 bridgehead atoms. The molecular formula is C17H15FN4O2S2. The number of thiazole rings is 1. The van der Waals surface area contributed by atoms with E-state index in [1.54, 1.807) is 12.1 Å². The summed E-state index contributed by atoms with van der Waals surface area (Å²) in [5.41, 5.74) is 1.50. The summed E-state index contributed by atoms with van der Waals surface area (Å²) in [5, 5.41) is 7.88. The lowest BCUT2D eigenvalue weighted by molar-refractivity contribution is -0.125. The molecule has 0 radical (unpaired) electrons. The van der Waals surface area contributed by atoms with Gasteiger partial charge in [0.05, 0.1) is 5.69 Å². The van der Waals surface area contributed by atoms with Gasteiger partial charge in [0.1, 0.15) is 11.1 Å². The van der Waals surface area contributed by atoms with Crippen molar-refractivity contribution >= 4 is 45.2 Å². The number of aromatic nitrogens is 1. The monoisotopic (exact) mass is 390 g/mol. The van der Waals surface area contributed by atoms with E-state index in [0.717, 1.165) is 18.4 Å². The molecule has 2 N–H and O–H groups in total. The summed E-state index contributed by atoms with van der Waals surface area (Å²) in [4.78, 5) is 32.6. The molecule has 1 saturated carbocycles. The maximum Gasteiger partial charge on any atom is 0.240 e. The molecule has 2 heterocycles. The molecule has 1 aromatic carbocycles. The van der Waals surface area contributed by atoms with Gasteiger partial charge in [0.2, 0.25) is 16.9 Å². The van der Waals surface area contributed by atoms with Crippen LogP contribution in [0.25, 0.3) is 11.3 Å². The van der Waals surface area contributed by atoms with Crippen LogP contribution in [0.2, 0.25) is 0 Å². The van der Waals surface area contributed by atoms with Crippen molar-refractivity contribution in [2.75, 3.05) is 0 Å². The molecule has 134 valence electrons. The Morgan fingerprint density at radius 3 is 2.85 bits per heavy atom. The number of carbonyl (C=O) groups is 2. The van der Waals surface area contributed by atoms with Crippen LogP contribution in [-0.4, -0.2) is 33.3 Å². The predicted molar refractivity (Wildman–Crippen MR) is 99.9 cm³/mol. The van der Waals surface area contributed by atoms with E-state index < -0.39 is 5.25 Å². The number of thioether (sulfide) groups is 1. The molecule has 1 unspecified atom stereocenters. The maximum absolute atomic E-state index is 13.0. The van der Waals surface area contributed by atoms with E-state index in [9.17, 15) is 14.0 Å². The molecule has 1 aliphatic heterocycles. The van der Waals surface area contributed by atoms with Crippen molar-refractivity contribution in [2.45, 2.75) is 30.6 Å². The zero-order chi connectivity index (χ0) is 18.1. The Hall–Kier alpha value is -2.26. The number of amidine groups is 1. The van der Waals surface area contributed by atoms with E-state index in [2.05, 4.69) is 20.6 Å². The lowest BCUT2D eigenvalue weighted by Gasteiger charge is -2.05. The fourth-order valence-corrected chi connectivity index (χ4v) is 4.16. The third kappa shape index (κ3) is 4.10. The molecule has 1 aliphatic carbocycles. The molecule has 6 nitrogen and oxygen atoms in total. The normalized spacial score (nSPS) is 21.0. The van der Waals surface area contributed by atoms with Crippen molar-refractivity contribution in [2.24, 2.45) is 4.99 Å². The summed E-state index contributed by atoms with van der Waals surface area (Å²) in [6, 6.07) is 6.35. The summed E-state index contributed by atoms with van der Waals surface area (Å²) < 4.78 is 13.0. The Kier molecular flexibility index (Phi) is 4.73. The van der Waals surface area contributed by atoms with Gasteiger partial charge in [-0.3, -0.25) is 9.59 Å². The highest BCUT2D eigenvalue weighted by molar-refractivity contribution is 8.15. The minimum atomic E-state index is -0.468. The number of benzene rings is 1. The highest BCUT2D eigenvalue weighted by Gasteiger charge is 2.33. The number of nitrogens with zero attached hydrogens (tertiary/aromatic N) is 2. The van der Waals surface area contributed by atoms with Crippen LogP contribution in [0.5, 0.6) is 0 Å². The molecule has 9 heteroatoms. The van der Waals surface area contributed by atoms with Gasteiger partial charge in [0, 0.05) is 23.4 Å². The minimum absolute atomic E-state index is 0.103. The smallest absolute Gasteiger partial charge is 0.240 e. The van der Waals surface area contributed by atoms with E-state index >= 15 is 0 Å². The van der Waals surface area contributed by atoms with Crippen LogP contribution in [0.1, 0.15) is 19.3 Å². The third-order valence-corrected chi connectivity index (χ3v) is 5.74. The summed E-state index contributed by atoms with van der Waals surface area (Å²) >= 11 is 2.57. The number of amides is 2. The molecule has 1 atom stereocenters. The van der Waals surface area contributed by atoms with Gasteiger partial charge in [-0.15, -0.1) is 11.3 Å². The van der Waals surface area contributed by atoms with Crippen molar-refractivity contribution in [3.05, 3.63) is 35.5 Å². The van der Waals surface area contributed by atoms with E-state index in [1.165, 1.54) is 35.2 Å². The lowest BCUT2D eigenvalue weighted by Crippen LogP contribution is -2.32. The highest BCUT2D eigenvalue weighted by Crippen LogP contribution is 2.30. The summed E-state index contributed by atoms with van der Waals surface area (Å²) in [5.74, 6) is -0.615. The van der Waals surface area contributed by atoms with Gasteiger partial charge in [-0.2, -0.15) is 4.99 Å². The second-order valence-corrected chi connectivity index (χ2v) is 8.11. The number of carbonyl (C=O) groups excluding carboxylic acids is 2. The highest BCUT2D eigenvalue weighted by atomic mass is 32.2. The van der Waals surface area contributed by atoms with Crippen LogP contribution < -0.4 is 10.6 Å². The van der Waals surface area contributed by atoms with Crippen molar-refractivity contribution in [1.29, 1.82) is 0 Å². The average Bonchev–Trinajstić information content (AvgIpc) is 3.18. The van der Waals surface area contributed by atoms with Gasteiger partial charge in [0.25, 0.3) is 0 Å². The molecule has 1 saturated heterocycles. The SMILES string of the molecule is O=C(CC1S/C(=N/c2nc(-c3ccc(F)cc3)cs2)NC1=O)NC1CC1. The number of aliphatic imine (C=N–C) groups is 1. The van der Waals surface area contributed by atoms with Crippen LogP contribution in [0.15, 0.2) is 34.6 Å². The van der Waals surface area contributed by atoms with Crippen LogP contribution in [0.4, 0.5) is 9.52 Å². The van der Waals surface area contributed by atoms with E-state index in [4.69, 9.17) is 0 Å². The molecule has 1 aromatic heterocycles. The van der Waals surface area contributed by atoms with Crippen LogP contribution in [0.3, 0.4) is 0 Å². The molecule has 2 amide bonds. The summed E-state index contributed by atoms with van der Waals surface area (Å²) in [7, 11) is 0. The standard InChI is InChI=1S/C17H15FN4O2S2/c18-10-3-1-9(2-4-10)12-8-25-16(20-12)22-17-21-15(24)13(26-17)7-14(23)19-11-5-6-11/h1-4,8,11,13H,5-7H2,(H,19,23)(H,20,21,22,24). The second-order valence-electron chi connectivity index (χ2n) is 6.08. The Labute approximate surface area is 157 Å². The van der Waals surface area contributed by atoms with Crippen LogP contribution in [-0.2, 0) is 9.59 Å². The van der Waals surface area contributed by atoms with Gasteiger partial charge in [0.15, 0.2) is 5.17 Å². The van der Waals surface area contributed by atoms with E-state index in [0.29, 0.717) is 16.0 Å². The van der Waals surface area contributed by atoms with Crippen molar-refractivity contribution in [3.63, 3.8) is 0 Å². The van der Waals surface area contributed by atoms with Gasteiger partial charge in [-0.25, -0.2) is 9.37 Å². The number of halogens is 1. The van der Waals surface area contributed by atoms with Crippen LogP contribution in [0, 0.1) is 5.82 Å². The Morgan fingerprint density at radius 2 is 2.12 bits per heavy atom. The lowest BCUT2D eigenvalue weighted by atomic mass is 10.2. The first-order chi connectivity index (χ1) is 12.6. The fourth-order valence-electron chi connectivity index (χ4n) is 2.43.